The number of nitro benzene ring substituents is 1. The van der Waals surface area contributed by atoms with Crippen molar-refractivity contribution in [3.05, 3.63) is 64.5 Å². The van der Waals surface area contributed by atoms with Crippen LogP contribution in [0.15, 0.2) is 53.1 Å². The second kappa shape index (κ2) is 9.04. The van der Waals surface area contributed by atoms with E-state index >= 15 is 0 Å². The van der Waals surface area contributed by atoms with Gasteiger partial charge in [-0.2, -0.15) is 13.8 Å². The Balaban J connectivity index is 1.36. The predicted molar refractivity (Wildman–Crippen MR) is 107 cm³/mol. The van der Waals surface area contributed by atoms with Gasteiger partial charge in [0.2, 0.25) is 11.7 Å². The van der Waals surface area contributed by atoms with Gasteiger partial charge >= 0.3 is 6.61 Å². The smallest absolute Gasteiger partial charge is 0.387 e. The lowest BCUT2D eigenvalue weighted by Gasteiger charge is -2.35. The lowest BCUT2D eigenvalue weighted by molar-refractivity contribution is -0.384. The van der Waals surface area contributed by atoms with Crippen molar-refractivity contribution in [3.63, 3.8) is 0 Å². The van der Waals surface area contributed by atoms with E-state index in [9.17, 15) is 18.9 Å². The maximum Gasteiger partial charge on any atom is 0.387 e. The van der Waals surface area contributed by atoms with Gasteiger partial charge in [-0.25, -0.2) is 0 Å². The Labute approximate surface area is 176 Å². The number of halogens is 2. The number of nitrogens with zero attached hydrogens (tertiary/aromatic N) is 5. The van der Waals surface area contributed by atoms with E-state index in [0.717, 1.165) is 31.9 Å². The molecule has 4 rings (SSSR count). The van der Waals surface area contributed by atoms with Gasteiger partial charge < -0.3 is 14.2 Å². The number of ether oxygens (including phenoxy) is 1. The van der Waals surface area contributed by atoms with Crippen molar-refractivity contribution in [3.8, 4) is 17.1 Å². The van der Waals surface area contributed by atoms with E-state index in [-0.39, 0.29) is 17.3 Å². The van der Waals surface area contributed by atoms with Gasteiger partial charge in [-0.1, -0.05) is 17.3 Å². The summed E-state index contributed by atoms with van der Waals surface area (Å²) in [6, 6.07) is 12.8. The molecule has 0 spiro atoms. The van der Waals surface area contributed by atoms with Crippen molar-refractivity contribution in [1.29, 1.82) is 0 Å². The number of benzene rings is 2. The van der Waals surface area contributed by atoms with Crippen molar-refractivity contribution >= 4 is 11.4 Å². The SMILES string of the molecule is O=[N+]([O-])c1ccc(N2CCN(Cc3nc(-c4ccccc4OC(F)F)no3)CC2)cc1. The van der Waals surface area contributed by atoms with Crippen LogP contribution in [-0.4, -0.2) is 52.8 Å². The summed E-state index contributed by atoms with van der Waals surface area (Å²) in [6.45, 7) is 0.436. The molecule has 0 radical (unpaired) electrons. The van der Waals surface area contributed by atoms with Crippen molar-refractivity contribution in [2.24, 2.45) is 0 Å². The molecule has 1 saturated heterocycles. The molecule has 0 bridgehead atoms. The molecule has 0 amide bonds. The molecule has 1 aliphatic rings. The summed E-state index contributed by atoms with van der Waals surface area (Å²) in [5, 5.41) is 14.7. The third-order valence-corrected chi connectivity index (χ3v) is 4.97. The van der Waals surface area contributed by atoms with Gasteiger partial charge in [0.1, 0.15) is 5.75 Å². The zero-order chi connectivity index (χ0) is 21.8. The Hall–Kier alpha value is -3.60. The van der Waals surface area contributed by atoms with E-state index in [4.69, 9.17) is 4.52 Å². The Morgan fingerprint density at radius 1 is 1.10 bits per heavy atom. The van der Waals surface area contributed by atoms with Crippen LogP contribution in [0, 0.1) is 10.1 Å². The molecular formula is C20H19F2N5O4. The maximum absolute atomic E-state index is 12.6. The molecule has 11 heteroatoms. The molecule has 0 N–H and O–H groups in total. The molecule has 3 aromatic rings. The molecule has 9 nitrogen and oxygen atoms in total. The normalized spacial score (nSPS) is 14.7. The Morgan fingerprint density at radius 3 is 2.48 bits per heavy atom. The number of piperazine rings is 1. The second-order valence-electron chi connectivity index (χ2n) is 6.92. The number of para-hydroxylation sites is 1. The van der Waals surface area contributed by atoms with E-state index < -0.39 is 11.5 Å². The second-order valence-corrected chi connectivity index (χ2v) is 6.92. The monoisotopic (exact) mass is 431 g/mol. The standard InChI is InChI=1S/C20H19F2N5O4/c21-20(22)30-17-4-2-1-3-16(17)19-23-18(31-24-19)13-25-9-11-26(12-10-25)14-5-7-15(8-6-14)27(28)29/h1-8,20H,9-13H2. The topological polar surface area (TPSA) is 97.8 Å². The van der Waals surface area contributed by atoms with Crippen molar-refractivity contribution in [2.75, 3.05) is 31.1 Å². The molecule has 1 aliphatic heterocycles. The fraction of sp³-hybridized carbons (Fsp3) is 0.300. The molecular weight excluding hydrogens is 412 g/mol. The summed E-state index contributed by atoms with van der Waals surface area (Å²) in [5.74, 6) is 0.558. The fourth-order valence-corrected chi connectivity index (χ4v) is 3.42. The minimum absolute atomic E-state index is 0.0124. The van der Waals surface area contributed by atoms with Crippen LogP contribution >= 0.6 is 0 Å². The summed E-state index contributed by atoms with van der Waals surface area (Å²) in [5.41, 5.74) is 1.33. The van der Waals surface area contributed by atoms with Gasteiger partial charge in [-0.3, -0.25) is 15.0 Å². The number of non-ortho nitro benzene ring substituents is 1. The number of nitro groups is 1. The molecule has 2 heterocycles. The number of alkyl halides is 2. The van der Waals surface area contributed by atoms with Gasteiger partial charge in [0, 0.05) is 44.0 Å². The van der Waals surface area contributed by atoms with E-state index in [1.165, 1.54) is 18.2 Å². The van der Waals surface area contributed by atoms with Crippen molar-refractivity contribution in [1.82, 2.24) is 15.0 Å². The highest BCUT2D eigenvalue weighted by Crippen LogP contribution is 2.29. The minimum Gasteiger partial charge on any atom is -0.434 e. The maximum atomic E-state index is 12.6. The van der Waals surface area contributed by atoms with E-state index in [2.05, 4.69) is 24.7 Å². The highest BCUT2D eigenvalue weighted by molar-refractivity contribution is 5.63. The fourth-order valence-electron chi connectivity index (χ4n) is 3.42. The third kappa shape index (κ3) is 4.94. The molecule has 31 heavy (non-hydrogen) atoms. The van der Waals surface area contributed by atoms with E-state index in [1.54, 1.807) is 30.3 Å². The van der Waals surface area contributed by atoms with Gasteiger partial charge in [-0.15, -0.1) is 0 Å². The number of rotatable bonds is 7. The zero-order valence-electron chi connectivity index (χ0n) is 16.4. The molecule has 0 unspecified atom stereocenters. The van der Waals surface area contributed by atoms with E-state index in [0.29, 0.717) is 18.0 Å². The van der Waals surface area contributed by atoms with Crippen LogP contribution in [0.5, 0.6) is 5.75 Å². The number of aromatic nitrogens is 2. The van der Waals surface area contributed by atoms with Crippen LogP contribution in [-0.2, 0) is 6.54 Å². The van der Waals surface area contributed by atoms with Gasteiger partial charge in [0.25, 0.3) is 5.69 Å². The first-order chi connectivity index (χ1) is 15.0. The summed E-state index contributed by atoms with van der Waals surface area (Å²) < 4.78 is 35.1. The molecule has 1 aromatic heterocycles. The number of hydrogen-bond acceptors (Lipinski definition) is 8. The highest BCUT2D eigenvalue weighted by Gasteiger charge is 2.21. The highest BCUT2D eigenvalue weighted by atomic mass is 19.3. The quantitative estimate of drug-likeness (QED) is 0.414. The van der Waals surface area contributed by atoms with Gasteiger partial charge in [-0.05, 0) is 24.3 Å². The Morgan fingerprint density at radius 2 is 1.81 bits per heavy atom. The predicted octanol–water partition coefficient (Wildman–Crippen LogP) is 3.57. The summed E-state index contributed by atoms with van der Waals surface area (Å²) in [7, 11) is 0. The van der Waals surface area contributed by atoms with Crippen molar-refractivity contribution in [2.45, 2.75) is 13.2 Å². The molecule has 2 aromatic carbocycles. The van der Waals surface area contributed by atoms with Gasteiger partial charge in [0.05, 0.1) is 17.0 Å². The summed E-state index contributed by atoms with van der Waals surface area (Å²) in [6.07, 6.45) is 0. The van der Waals surface area contributed by atoms with Crippen LogP contribution in [0.25, 0.3) is 11.4 Å². The first-order valence-electron chi connectivity index (χ1n) is 9.58. The van der Waals surface area contributed by atoms with Crippen LogP contribution < -0.4 is 9.64 Å². The lowest BCUT2D eigenvalue weighted by atomic mass is 10.2. The first kappa shape index (κ1) is 20.7. The summed E-state index contributed by atoms with van der Waals surface area (Å²) >= 11 is 0. The Bertz CT molecular complexity index is 1040. The first-order valence-corrected chi connectivity index (χ1v) is 9.58. The molecule has 0 aliphatic carbocycles. The average molecular weight is 431 g/mol. The van der Waals surface area contributed by atoms with Gasteiger partial charge in [0.15, 0.2) is 0 Å². The minimum atomic E-state index is -2.94. The van der Waals surface area contributed by atoms with Crippen molar-refractivity contribution < 1.29 is 23.0 Å². The van der Waals surface area contributed by atoms with E-state index in [1.807, 2.05) is 0 Å². The molecule has 0 saturated carbocycles. The summed E-state index contributed by atoms with van der Waals surface area (Å²) in [4.78, 5) is 19.0. The average Bonchev–Trinajstić information content (AvgIpc) is 3.22. The lowest BCUT2D eigenvalue weighted by Crippen LogP contribution is -2.46. The van der Waals surface area contributed by atoms with Crippen LogP contribution in [0.4, 0.5) is 20.2 Å². The van der Waals surface area contributed by atoms with Crippen LogP contribution in [0.1, 0.15) is 5.89 Å². The number of anilines is 1. The molecule has 0 atom stereocenters. The largest absolute Gasteiger partial charge is 0.434 e. The number of hydrogen-bond donors (Lipinski definition) is 0. The Kier molecular flexibility index (Phi) is 6.03. The molecule has 162 valence electrons. The third-order valence-electron chi connectivity index (χ3n) is 4.97. The zero-order valence-corrected chi connectivity index (χ0v) is 16.4. The van der Waals surface area contributed by atoms with Crippen LogP contribution in [0.2, 0.25) is 0 Å². The molecule has 1 fully saturated rings. The van der Waals surface area contributed by atoms with Crippen LogP contribution in [0.3, 0.4) is 0 Å².